The summed E-state index contributed by atoms with van der Waals surface area (Å²) in [6.45, 7) is 0. The van der Waals surface area contributed by atoms with Gasteiger partial charge in [-0.1, -0.05) is 87.8 Å². The Morgan fingerprint density at radius 1 is 0.931 bits per heavy atom. The van der Waals surface area contributed by atoms with E-state index in [0.717, 1.165) is 15.7 Å². The quantitative estimate of drug-likeness (QED) is 0.237. The van der Waals surface area contributed by atoms with Crippen LogP contribution in [0.25, 0.3) is 17.1 Å². The van der Waals surface area contributed by atoms with Gasteiger partial charge < -0.3 is 0 Å². The highest BCUT2D eigenvalue weighted by Crippen LogP contribution is 2.29. The maximum Gasteiger partial charge on any atom is 0.196 e. The van der Waals surface area contributed by atoms with Crippen molar-refractivity contribution < 1.29 is 4.79 Å². The van der Waals surface area contributed by atoms with Crippen molar-refractivity contribution in [2.45, 2.75) is 5.16 Å². The summed E-state index contributed by atoms with van der Waals surface area (Å²) < 4.78 is 2.73. The molecule has 0 saturated heterocycles. The molecule has 0 bridgehead atoms. The van der Waals surface area contributed by atoms with Crippen molar-refractivity contribution in [2.24, 2.45) is 0 Å². The van der Waals surface area contributed by atoms with Gasteiger partial charge in [-0.15, -0.1) is 10.2 Å². The van der Waals surface area contributed by atoms with Gasteiger partial charge in [-0.3, -0.25) is 9.36 Å². The Kier molecular flexibility index (Phi) is 6.13. The van der Waals surface area contributed by atoms with Crippen LogP contribution in [-0.4, -0.2) is 26.3 Å². The summed E-state index contributed by atoms with van der Waals surface area (Å²) >= 11 is 10.9. The molecule has 3 aromatic carbocycles. The minimum atomic E-state index is 0.0226. The zero-order valence-electron chi connectivity index (χ0n) is 15.1. The summed E-state index contributed by atoms with van der Waals surface area (Å²) in [5.74, 6) is 0.988. The number of carbonyl (C=O) groups is 1. The van der Waals surface area contributed by atoms with Gasteiger partial charge in [-0.05, 0) is 30.3 Å². The fourth-order valence-corrected chi connectivity index (χ4v) is 4.32. The molecule has 1 heterocycles. The van der Waals surface area contributed by atoms with Crippen molar-refractivity contribution in [3.63, 3.8) is 0 Å². The molecule has 0 N–H and O–H groups in total. The van der Waals surface area contributed by atoms with E-state index in [1.807, 2.05) is 83.4 Å². The maximum absolute atomic E-state index is 12.7. The number of benzene rings is 3. The van der Waals surface area contributed by atoms with E-state index < -0.39 is 0 Å². The number of hydrogen-bond acceptors (Lipinski definition) is 4. The molecule has 144 valence electrons. The van der Waals surface area contributed by atoms with Crippen LogP contribution >= 0.6 is 39.3 Å². The molecule has 0 spiro atoms. The smallest absolute Gasteiger partial charge is 0.196 e. The molecule has 0 saturated carbocycles. The summed E-state index contributed by atoms with van der Waals surface area (Å²) in [4.78, 5) is 12.7. The molecule has 0 unspecified atom stereocenters. The molecule has 0 radical (unpaired) electrons. The summed E-state index contributed by atoms with van der Waals surface area (Å²) in [6, 6.07) is 24.7. The molecule has 0 aliphatic heterocycles. The van der Waals surface area contributed by atoms with Gasteiger partial charge in [0, 0.05) is 26.3 Å². The topological polar surface area (TPSA) is 47.8 Å². The Hall–Kier alpha value is -2.41. The highest BCUT2D eigenvalue weighted by atomic mass is 79.9. The third-order valence-electron chi connectivity index (χ3n) is 4.26. The fraction of sp³-hybridized carbons (Fsp3) is 0.0455. The first-order valence-corrected chi connectivity index (χ1v) is 11.0. The van der Waals surface area contributed by atoms with Crippen LogP contribution < -0.4 is 0 Å². The molecule has 0 aliphatic carbocycles. The molecular formula is C22H15BrClN3OS. The van der Waals surface area contributed by atoms with Gasteiger partial charge >= 0.3 is 0 Å². The Morgan fingerprint density at radius 2 is 1.62 bits per heavy atom. The summed E-state index contributed by atoms with van der Waals surface area (Å²) in [5, 5.41) is 10.0. The number of ketones is 1. The molecule has 4 nitrogen and oxygen atoms in total. The highest BCUT2D eigenvalue weighted by Gasteiger charge is 2.18. The van der Waals surface area contributed by atoms with Gasteiger partial charge in [-0.25, -0.2) is 0 Å². The molecule has 4 rings (SSSR count). The van der Waals surface area contributed by atoms with Gasteiger partial charge in [0.15, 0.2) is 16.8 Å². The number of nitrogens with zero attached hydrogens (tertiary/aromatic N) is 3. The van der Waals surface area contributed by atoms with Crippen molar-refractivity contribution in [3.8, 4) is 17.1 Å². The lowest BCUT2D eigenvalue weighted by Crippen LogP contribution is -2.05. The number of Topliss-reactive ketones (excluding diaryl/α,β-unsaturated/α-hetero) is 1. The number of hydrogen-bond donors (Lipinski definition) is 0. The Bertz CT molecular complexity index is 1150. The molecule has 29 heavy (non-hydrogen) atoms. The van der Waals surface area contributed by atoms with Crippen LogP contribution in [-0.2, 0) is 0 Å². The van der Waals surface area contributed by atoms with Gasteiger partial charge in [0.05, 0.1) is 5.75 Å². The van der Waals surface area contributed by atoms with Crippen molar-refractivity contribution in [2.75, 3.05) is 5.75 Å². The number of thioether (sulfide) groups is 1. The SMILES string of the molecule is O=C(CSc1nnc(-c2ccccc2)n1-c1ccc(Cl)cc1)c1ccccc1Br. The Balaban J connectivity index is 1.68. The molecule has 4 aromatic rings. The lowest BCUT2D eigenvalue weighted by Gasteiger charge is -2.10. The van der Waals surface area contributed by atoms with Gasteiger partial charge in [0.1, 0.15) is 0 Å². The molecule has 0 aliphatic rings. The van der Waals surface area contributed by atoms with Crippen molar-refractivity contribution in [1.82, 2.24) is 14.8 Å². The predicted molar refractivity (Wildman–Crippen MR) is 121 cm³/mol. The van der Waals surface area contributed by atoms with E-state index in [4.69, 9.17) is 11.6 Å². The largest absolute Gasteiger partial charge is 0.293 e. The van der Waals surface area contributed by atoms with Crippen LogP contribution in [0.4, 0.5) is 0 Å². The molecular weight excluding hydrogens is 470 g/mol. The zero-order valence-corrected chi connectivity index (χ0v) is 18.3. The predicted octanol–water partition coefficient (Wildman–Crippen LogP) is 6.33. The van der Waals surface area contributed by atoms with Crippen molar-refractivity contribution in [3.05, 3.63) is 93.9 Å². The van der Waals surface area contributed by atoms with Crippen LogP contribution in [0.15, 0.2) is 88.5 Å². The first-order chi connectivity index (χ1) is 14.1. The number of halogens is 2. The van der Waals surface area contributed by atoms with Crippen molar-refractivity contribution in [1.29, 1.82) is 0 Å². The minimum absolute atomic E-state index is 0.0226. The van der Waals surface area contributed by atoms with E-state index >= 15 is 0 Å². The van der Waals surface area contributed by atoms with Gasteiger partial charge in [0.2, 0.25) is 0 Å². The maximum atomic E-state index is 12.7. The molecule has 0 atom stereocenters. The number of rotatable bonds is 6. The lowest BCUT2D eigenvalue weighted by atomic mass is 10.1. The minimum Gasteiger partial charge on any atom is -0.293 e. The highest BCUT2D eigenvalue weighted by molar-refractivity contribution is 9.10. The van der Waals surface area contributed by atoms with Gasteiger partial charge in [-0.2, -0.15) is 0 Å². The third-order valence-corrected chi connectivity index (χ3v) is 6.13. The van der Waals surface area contributed by atoms with Crippen molar-refractivity contribution >= 4 is 45.1 Å². The zero-order chi connectivity index (χ0) is 20.2. The van der Waals surface area contributed by atoms with E-state index in [9.17, 15) is 4.79 Å². The molecule has 7 heteroatoms. The molecule has 0 fully saturated rings. The van der Waals surface area contributed by atoms with Gasteiger partial charge in [0.25, 0.3) is 0 Å². The fourth-order valence-electron chi connectivity index (χ4n) is 2.86. The van der Waals surface area contributed by atoms with Crippen LogP contribution in [0, 0.1) is 0 Å². The summed E-state index contributed by atoms with van der Waals surface area (Å²) in [5.41, 5.74) is 2.48. The first kappa shape index (κ1) is 19.9. The molecule has 1 aromatic heterocycles. The monoisotopic (exact) mass is 483 g/mol. The summed E-state index contributed by atoms with van der Waals surface area (Å²) in [7, 11) is 0. The first-order valence-electron chi connectivity index (χ1n) is 8.81. The van der Waals surface area contributed by atoms with Crippen LogP contribution in [0.3, 0.4) is 0 Å². The molecule has 0 amide bonds. The second-order valence-electron chi connectivity index (χ2n) is 6.18. The van der Waals surface area contributed by atoms with E-state index in [-0.39, 0.29) is 11.5 Å². The van der Waals surface area contributed by atoms with E-state index in [1.165, 1.54) is 11.8 Å². The second-order valence-corrected chi connectivity index (χ2v) is 8.41. The third kappa shape index (κ3) is 4.45. The Labute approximate surface area is 186 Å². The van der Waals surface area contributed by atoms with E-state index in [0.29, 0.717) is 21.6 Å². The van der Waals surface area contributed by atoms with E-state index in [2.05, 4.69) is 26.1 Å². The van der Waals surface area contributed by atoms with E-state index in [1.54, 1.807) is 0 Å². The Morgan fingerprint density at radius 3 is 2.34 bits per heavy atom. The second kappa shape index (κ2) is 8.95. The number of carbonyl (C=O) groups excluding carboxylic acids is 1. The average Bonchev–Trinajstić information content (AvgIpc) is 3.17. The average molecular weight is 485 g/mol. The van der Waals surface area contributed by atoms with Crippen LogP contribution in [0.5, 0.6) is 0 Å². The van der Waals surface area contributed by atoms with Crippen LogP contribution in [0.2, 0.25) is 5.02 Å². The number of aromatic nitrogens is 3. The van der Waals surface area contributed by atoms with Crippen LogP contribution in [0.1, 0.15) is 10.4 Å². The normalized spacial score (nSPS) is 10.8. The lowest BCUT2D eigenvalue weighted by molar-refractivity contribution is 0.102. The summed E-state index contributed by atoms with van der Waals surface area (Å²) in [6.07, 6.45) is 0. The standard InChI is InChI=1S/C22H15BrClN3OS/c23-19-9-5-4-8-18(19)20(28)14-29-22-26-25-21(15-6-2-1-3-7-15)27(22)17-12-10-16(24)11-13-17/h1-13H,14H2.